The van der Waals surface area contributed by atoms with E-state index in [1.807, 2.05) is 6.26 Å². The molecule has 0 amide bonds. The summed E-state index contributed by atoms with van der Waals surface area (Å²) in [5, 5.41) is 3.47. The molecule has 0 radical (unpaired) electrons. The zero-order chi connectivity index (χ0) is 15.1. The fourth-order valence-corrected chi connectivity index (χ4v) is 3.18. The highest BCUT2D eigenvalue weighted by atomic mass is 16.3. The molecule has 1 N–H and O–H groups in total. The van der Waals surface area contributed by atoms with Crippen molar-refractivity contribution < 1.29 is 4.42 Å². The van der Waals surface area contributed by atoms with Crippen LogP contribution in [0.4, 0.5) is 0 Å². The van der Waals surface area contributed by atoms with Gasteiger partial charge < -0.3 is 9.73 Å². The van der Waals surface area contributed by atoms with Gasteiger partial charge in [-0.2, -0.15) is 0 Å². The van der Waals surface area contributed by atoms with E-state index in [2.05, 4.69) is 37.2 Å². The second-order valence-electron chi connectivity index (χ2n) is 7.01. The summed E-state index contributed by atoms with van der Waals surface area (Å²) in [6.07, 6.45) is 10.2. The third-order valence-electron chi connectivity index (χ3n) is 4.44. The Labute approximate surface area is 130 Å². The Balaban J connectivity index is 1.78. The highest BCUT2D eigenvalue weighted by molar-refractivity contribution is 5.12. The molecule has 0 saturated heterocycles. The molecular formula is C18H32N2O. The van der Waals surface area contributed by atoms with Gasteiger partial charge in [0.05, 0.1) is 12.8 Å². The summed E-state index contributed by atoms with van der Waals surface area (Å²) in [6.45, 7) is 7.37. The highest BCUT2D eigenvalue weighted by Gasteiger charge is 2.18. The van der Waals surface area contributed by atoms with Gasteiger partial charge in [-0.15, -0.1) is 0 Å². The molecule has 1 aromatic rings. The van der Waals surface area contributed by atoms with Gasteiger partial charge in [0, 0.05) is 18.2 Å². The molecule has 2 rings (SSSR count). The lowest BCUT2D eigenvalue weighted by molar-refractivity contribution is 0.198. The zero-order valence-electron chi connectivity index (χ0n) is 14.0. The van der Waals surface area contributed by atoms with Crippen LogP contribution in [0.3, 0.4) is 0 Å². The normalized spacial score (nSPS) is 17.6. The molecule has 3 heteroatoms. The molecule has 1 fully saturated rings. The minimum absolute atomic E-state index is 0.692. The third-order valence-corrected chi connectivity index (χ3v) is 4.44. The molecule has 21 heavy (non-hydrogen) atoms. The maximum atomic E-state index is 5.73. The summed E-state index contributed by atoms with van der Waals surface area (Å²) in [5.41, 5.74) is 1.26. The molecular weight excluding hydrogens is 260 g/mol. The zero-order valence-corrected chi connectivity index (χ0v) is 14.0. The average Bonchev–Trinajstić information content (AvgIpc) is 2.72. The predicted molar refractivity (Wildman–Crippen MR) is 88.2 cm³/mol. The van der Waals surface area contributed by atoms with Gasteiger partial charge in [0.25, 0.3) is 0 Å². The van der Waals surface area contributed by atoms with Crippen LogP contribution in [-0.2, 0) is 13.1 Å². The summed E-state index contributed by atoms with van der Waals surface area (Å²) in [4.78, 5) is 2.48. The van der Waals surface area contributed by atoms with Gasteiger partial charge in [0.1, 0.15) is 5.76 Å². The quantitative estimate of drug-likeness (QED) is 0.764. The number of furan rings is 1. The molecule has 0 aromatic carbocycles. The van der Waals surface area contributed by atoms with E-state index in [0.717, 1.165) is 31.4 Å². The van der Waals surface area contributed by atoms with Crippen LogP contribution in [0.5, 0.6) is 0 Å². The number of hydrogen-bond acceptors (Lipinski definition) is 3. The molecule has 1 aromatic heterocycles. The van der Waals surface area contributed by atoms with Crippen molar-refractivity contribution in [1.29, 1.82) is 0 Å². The van der Waals surface area contributed by atoms with Crippen LogP contribution in [0.25, 0.3) is 0 Å². The van der Waals surface area contributed by atoms with Crippen molar-refractivity contribution in [1.82, 2.24) is 10.2 Å². The van der Waals surface area contributed by atoms with Gasteiger partial charge in [-0.3, -0.25) is 4.90 Å². The van der Waals surface area contributed by atoms with Crippen LogP contribution >= 0.6 is 0 Å². The predicted octanol–water partition coefficient (Wildman–Crippen LogP) is 4.18. The van der Waals surface area contributed by atoms with Gasteiger partial charge in [-0.05, 0) is 38.4 Å². The molecule has 120 valence electrons. The van der Waals surface area contributed by atoms with Crippen LogP contribution in [0.2, 0.25) is 0 Å². The van der Waals surface area contributed by atoms with Gasteiger partial charge in [0.2, 0.25) is 0 Å². The molecule has 1 aliphatic rings. The second-order valence-corrected chi connectivity index (χ2v) is 7.01. The monoisotopic (exact) mass is 292 g/mol. The summed E-state index contributed by atoms with van der Waals surface area (Å²) in [6, 6.07) is 2.95. The van der Waals surface area contributed by atoms with Crippen LogP contribution in [0.1, 0.15) is 63.7 Å². The molecule has 0 aliphatic heterocycles. The highest BCUT2D eigenvalue weighted by Crippen LogP contribution is 2.22. The first-order chi connectivity index (χ1) is 10.1. The maximum absolute atomic E-state index is 5.73. The van der Waals surface area contributed by atoms with E-state index in [4.69, 9.17) is 4.42 Å². The van der Waals surface area contributed by atoms with Crippen molar-refractivity contribution >= 4 is 0 Å². The molecule has 0 spiro atoms. The van der Waals surface area contributed by atoms with Crippen LogP contribution in [0.15, 0.2) is 16.7 Å². The largest absolute Gasteiger partial charge is 0.468 e. The summed E-state index contributed by atoms with van der Waals surface area (Å²) in [7, 11) is 2.25. The molecule has 0 atom stereocenters. The Morgan fingerprint density at radius 1 is 1.24 bits per heavy atom. The molecule has 0 unspecified atom stereocenters. The standard InChI is InChI=1S/C18H32N2O/c1-15(2)11-19-12-16-10-18(21-14-16)13-20(3)17-8-6-4-5-7-9-17/h10,14-15,17,19H,4-9,11-13H2,1-3H3. The first kappa shape index (κ1) is 16.6. The number of rotatable bonds is 7. The Kier molecular flexibility index (Phi) is 6.78. The van der Waals surface area contributed by atoms with E-state index in [1.54, 1.807) is 0 Å². The molecule has 0 bridgehead atoms. The Hall–Kier alpha value is -0.800. The Bertz CT molecular complexity index is 392. The second kappa shape index (κ2) is 8.60. The third kappa shape index (κ3) is 5.84. The molecule has 3 nitrogen and oxygen atoms in total. The van der Waals surface area contributed by atoms with E-state index < -0.39 is 0 Å². The maximum Gasteiger partial charge on any atom is 0.118 e. The van der Waals surface area contributed by atoms with E-state index in [0.29, 0.717) is 5.92 Å². The SMILES string of the molecule is CC(C)CNCc1coc(CN(C)C2CCCCCC2)c1. The summed E-state index contributed by atoms with van der Waals surface area (Å²) < 4.78 is 5.73. The van der Waals surface area contributed by atoms with Crippen molar-refractivity contribution in [3.05, 3.63) is 23.7 Å². The van der Waals surface area contributed by atoms with Gasteiger partial charge in [-0.1, -0.05) is 39.5 Å². The lowest BCUT2D eigenvalue weighted by atomic mass is 10.1. The number of nitrogens with one attached hydrogen (secondary N) is 1. The van der Waals surface area contributed by atoms with E-state index in [-0.39, 0.29) is 0 Å². The molecule has 1 heterocycles. The van der Waals surface area contributed by atoms with Crippen molar-refractivity contribution in [3.63, 3.8) is 0 Å². The van der Waals surface area contributed by atoms with Gasteiger partial charge >= 0.3 is 0 Å². The van der Waals surface area contributed by atoms with Gasteiger partial charge in [0.15, 0.2) is 0 Å². The lowest BCUT2D eigenvalue weighted by Gasteiger charge is -2.26. The minimum atomic E-state index is 0.692. The Morgan fingerprint density at radius 2 is 1.95 bits per heavy atom. The van der Waals surface area contributed by atoms with Crippen molar-refractivity contribution in [3.8, 4) is 0 Å². The first-order valence-corrected chi connectivity index (χ1v) is 8.62. The number of nitrogens with zero attached hydrogens (tertiary/aromatic N) is 1. The molecule has 1 saturated carbocycles. The van der Waals surface area contributed by atoms with E-state index in [9.17, 15) is 0 Å². The smallest absolute Gasteiger partial charge is 0.118 e. The van der Waals surface area contributed by atoms with Crippen molar-refractivity contribution in [2.24, 2.45) is 5.92 Å². The van der Waals surface area contributed by atoms with E-state index in [1.165, 1.54) is 44.1 Å². The van der Waals surface area contributed by atoms with Gasteiger partial charge in [-0.25, -0.2) is 0 Å². The Morgan fingerprint density at radius 3 is 2.62 bits per heavy atom. The lowest BCUT2D eigenvalue weighted by Crippen LogP contribution is -2.30. The van der Waals surface area contributed by atoms with Crippen molar-refractivity contribution in [2.45, 2.75) is 71.5 Å². The first-order valence-electron chi connectivity index (χ1n) is 8.62. The fourth-order valence-electron chi connectivity index (χ4n) is 3.18. The fraction of sp³-hybridized carbons (Fsp3) is 0.778. The molecule has 1 aliphatic carbocycles. The summed E-state index contributed by atoms with van der Waals surface area (Å²) in [5.74, 6) is 1.79. The van der Waals surface area contributed by atoms with Crippen LogP contribution in [0, 0.1) is 5.92 Å². The number of hydrogen-bond donors (Lipinski definition) is 1. The van der Waals surface area contributed by atoms with Crippen LogP contribution in [-0.4, -0.2) is 24.5 Å². The van der Waals surface area contributed by atoms with Crippen LogP contribution < -0.4 is 5.32 Å². The average molecular weight is 292 g/mol. The summed E-state index contributed by atoms with van der Waals surface area (Å²) >= 11 is 0. The van der Waals surface area contributed by atoms with Crippen molar-refractivity contribution in [2.75, 3.05) is 13.6 Å². The minimum Gasteiger partial charge on any atom is -0.468 e. The van der Waals surface area contributed by atoms with E-state index >= 15 is 0 Å². The topological polar surface area (TPSA) is 28.4 Å².